The molecule has 1 aliphatic heterocycles. The van der Waals surface area contributed by atoms with Crippen LogP contribution in [-0.2, 0) is 15.0 Å². The van der Waals surface area contributed by atoms with Gasteiger partial charge in [0.05, 0.1) is 18.2 Å². The van der Waals surface area contributed by atoms with E-state index in [0.29, 0.717) is 39.8 Å². The second-order valence-electron chi connectivity index (χ2n) is 9.88. The van der Waals surface area contributed by atoms with Crippen molar-refractivity contribution in [3.05, 3.63) is 99.6 Å². The molecule has 4 rings (SSSR count). The van der Waals surface area contributed by atoms with Crippen LogP contribution in [0.15, 0.2) is 72.3 Å². The lowest BCUT2D eigenvalue weighted by Crippen LogP contribution is -2.30. The van der Waals surface area contributed by atoms with E-state index in [0.717, 1.165) is 5.56 Å². The number of ketones is 1. The molecule has 0 aliphatic carbocycles. The van der Waals surface area contributed by atoms with Gasteiger partial charge in [-0.2, -0.15) is 0 Å². The van der Waals surface area contributed by atoms with E-state index in [-0.39, 0.29) is 16.7 Å². The summed E-state index contributed by atoms with van der Waals surface area (Å²) in [6.07, 6.45) is 0. The molecular weight excluding hydrogens is 474 g/mol. The van der Waals surface area contributed by atoms with Gasteiger partial charge in [0.15, 0.2) is 0 Å². The molecule has 1 aliphatic rings. The number of aliphatic hydroxyl groups excluding tert-OH is 1. The number of carbonyl (C=O) groups excluding carboxylic acids is 2. The molecule has 0 radical (unpaired) electrons. The molecule has 186 valence electrons. The van der Waals surface area contributed by atoms with Crippen LogP contribution in [0.5, 0.6) is 5.75 Å². The van der Waals surface area contributed by atoms with Gasteiger partial charge in [-0.15, -0.1) is 0 Å². The SMILES string of the molecule is CCOc1ccc(/C(O)=C2\C(=O)C(=O)N(c3cccc(Cl)c3C)C2c2ccc(C(C)(C)C)cc2)cc1. The number of benzene rings is 3. The Morgan fingerprint density at radius 1 is 1.00 bits per heavy atom. The van der Waals surface area contributed by atoms with Crippen LogP contribution in [0.1, 0.15) is 56.0 Å². The van der Waals surface area contributed by atoms with E-state index < -0.39 is 17.7 Å². The number of ether oxygens (including phenoxy) is 1. The molecule has 6 heteroatoms. The fourth-order valence-electron chi connectivity index (χ4n) is 4.45. The predicted octanol–water partition coefficient (Wildman–Crippen LogP) is 6.97. The van der Waals surface area contributed by atoms with E-state index in [1.54, 1.807) is 42.5 Å². The summed E-state index contributed by atoms with van der Waals surface area (Å²) in [6.45, 7) is 10.6. The molecule has 1 heterocycles. The Kier molecular flexibility index (Phi) is 6.96. The second-order valence-corrected chi connectivity index (χ2v) is 10.3. The van der Waals surface area contributed by atoms with Crippen molar-refractivity contribution in [3.8, 4) is 5.75 Å². The van der Waals surface area contributed by atoms with E-state index in [1.165, 1.54) is 4.90 Å². The molecule has 3 aromatic rings. The highest BCUT2D eigenvalue weighted by molar-refractivity contribution is 6.52. The highest BCUT2D eigenvalue weighted by Crippen LogP contribution is 2.44. The summed E-state index contributed by atoms with van der Waals surface area (Å²) in [4.78, 5) is 28.3. The Balaban J connectivity index is 1.92. The van der Waals surface area contributed by atoms with Crippen molar-refractivity contribution in [2.45, 2.75) is 46.1 Å². The van der Waals surface area contributed by atoms with Crippen molar-refractivity contribution >= 4 is 34.7 Å². The number of amides is 1. The van der Waals surface area contributed by atoms with Crippen LogP contribution in [0.2, 0.25) is 5.02 Å². The first-order chi connectivity index (χ1) is 17.0. The Bertz CT molecular complexity index is 1330. The molecule has 3 aromatic carbocycles. The smallest absolute Gasteiger partial charge is 0.300 e. The molecule has 0 spiro atoms. The maximum Gasteiger partial charge on any atom is 0.300 e. The van der Waals surface area contributed by atoms with Gasteiger partial charge in [0, 0.05) is 16.3 Å². The molecule has 1 fully saturated rings. The monoisotopic (exact) mass is 503 g/mol. The first kappa shape index (κ1) is 25.5. The van der Waals surface area contributed by atoms with Gasteiger partial charge in [0.2, 0.25) is 0 Å². The van der Waals surface area contributed by atoms with Gasteiger partial charge in [0.25, 0.3) is 11.7 Å². The number of aliphatic hydroxyl groups is 1. The van der Waals surface area contributed by atoms with E-state index >= 15 is 0 Å². The van der Waals surface area contributed by atoms with Gasteiger partial charge in [-0.25, -0.2) is 0 Å². The lowest BCUT2D eigenvalue weighted by Gasteiger charge is -2.28. The fourth-order valence-corrected chi connectivity index (χ4v) is 4.62. The van der Waals surface area contributed by atoms with Gasteiger partial charge < -0.3 is 9.84 Å². The number of carbonyl (C=O) groups is 2. The molecular formula is C30H30ClNO4. The van der Waals surface area contributed by atoms with Crippen molar-refractivity contribution in [1.29, 1.82) is 0 Å². The van der Waals surface area contributed by atoms with Crippen molar-refractivity contribution < 1.29 is 19.4 Å². The van der Waals surface area contributed by atoms with Crippen LogP contribution < -0.4 is 9.64 Å². The third kappa shape index (κ3) is 4.63. The van der Waals surface area contributed by atoms with Gasteiger partial charge in [-0.05, 0) is 72.4 Å². The van der Waals surface area contributed by atoms with Crippen LogP contribution in [0, 0.1) is 6.92 Å². The number of Topliss-reactive ketones (excluding diaryl/α,β-unsaturated/α-hetero) is 1. The summed E-state index contributed by atoms with van der Waals surface area (Å²) < 4.78 is 5.49. The van der Waals surface area contributed by atoms with E-state index in [2.05, 4.69) is 20.8 Å². The zero-order valence-electron chi connectivity index (χ0n) is 21.1. The number of hydrogen-bond acceptors (Lipinski definition) is 4. The predicted molar refractivity (Wildman–Crippen MR) is 144 cm³/mol. The molecule has 1 unspecified atom stereocenters. The quantitative estimate of drug-likeness (QED) is 0.232. The minimum absolute atomic E-state index is 0.0343. The second kappa shape index (κ2) is 9.82. The summed E-state index contributed by atoms with van der Waals surface area (Å²) in [5.74, 6) is -1.04. The molecule has 1 N–H and O–H groups in total. The molecule has 1 saturated heterocycles. The Hall–Kier alpha value is -3.57. The van der Waals surface area contributed by atoms with Crippen LogP contribution >= 0.6 is 11.6 Å². The van der Waals surface area contributed by atoms with E-state index in [4.69, 9.17) is 16.3 Å². The van der Waals surface area contributed by atoms with Gasteiger partial charge in [-0.3, -0.25) is 14.5 Å². The van der Waals surface area contributed by atoms with E-state index in [1.807, 2.05) is 38.1 Å². The standard InChI is InChI=1S/C30H30ClNO4/c1-6-36-22-16-12-20(13-17-22)27(33)25-26(19-10-14-21(15-11-19)30(3,4)5)32(29(35)28(25)34)24-9-7-8-23(31)18(24)2/h7-17,26,33H,6H2,1-5H3/b27-25+. The zero-order valence-corrected chi connectivity index (χ0v) is 21.9. The first-order valence-corrected chi connectivity index (χ1v) is 12.3. The number of hydrogen-bond donors (Lipinski definition) is 1. The maximum atomic E-state index is 13.4. The Morgan fingerprint density at radius 2 is 1.64 bits per heavy atom. The Labute approximate surface area is 217 Å². The minimum Gasteiger partial charge on any atom is -0.507 e. The molecule has 0 aromatic heterocycles. The summed E-state index contributed by atoms with van der Waals surface area (Å²) in [6, 6.07) is 19.1. The minimum atomic E-state index is -0.817. The zero-order chi connectivity index (χ0) is 26.2. The average Bonchev–Trinajstić information content (AvgIpc) is 3.11. The van der Waals surface area contributed by atoms with Crippen LogP contribution in [0.25, 0.3) is 5.76 Å². The molecule has 36 heavy (non-hydrogen) atoms. The van der Waals surface area contributed by atoms with Crippen molar-refractivity contribution in [2.24, 2.45) is 0 Å². The molecule has 1 amide bonds. The highest BCUT2D eigenvalue weighted by atomic mass is 35.5. The summed E-state index contributed by atoms with van der Waals surface area (Å²) in [5.41, 5.74) is 3.44. The molecule has 0 saturated carbocycles. The third-order valence-electron chi connectivity index (χ3n) is 6.47. The largest absolute Gasteiger partial charge is 0.507 e. The van der Waals surface area contributed by atoms with Crippen LogP contribution in [0.3, 0.4) is 0 Å². The Morgan fingerprint density at radius 3 is 2.22 bits per heavy atom. The molecule has 5 nitrogen and oxygen atoms in total. The highest BCUT2D eigenvalue weighted by Gasteiger charge is 2.47. The number of rotatable bonds is 5. The van der Waals surface area contributed by atoms with Crippen molar-refractivity contribution in [1.82, 2.24) is 0 Å². The topological polar surface area (TPSA) is 66.8 Å². The number of nitrogens with zero attached hydrogens (tertiary/aromatic N) is 1. The van der Waals surface area contributed by atoms with Gasteiger partial charge >= 0.3 is 0 Å². The van der Waals surface area contributed by atoms with Gasteiger partial charge in [0.1, 0.15) is 11.5 Å². The van der Waals surface area contributed by atoms with Crippen molar-refractivity contribution in [3.63, 3.8) is 0 Å². The lowest BCUT2D eigenvalue weighted by atomic mass is 9.85. The fraction of sp³-hybridized carbons (Fsp3) is 0.267. The number of anilines is 1. The van der Waals surface area contributed by atoms with E-state index in [9.17, 15) is 14.7 Å². The van der Waals surface area contributed by atoms with Crippen molar-refractivity contribution in [2.75, 3.05) is 11.5 Å². The summed E-state index contributed by atoms with van der Waals surface area (Å²) in [5, 5.41) is 11.8. The lowest BCUT2D eigenvalue weighted by molar-refractivity contribution is -0.132. The average molecular weight is 504 g/mol. The first-order valence-electron chi connectivity index (χ1n) is 11.9. The van der Waals surface area contributed by atoms with Gasteiger partial charge in [-0.1, -0.05) is 62.7 Å². The molecule has 0 bridgehead atoms. The van der Waals surface area contributed by atoms with Crippen LogP contribution in [0.4, 0.5) is 5.69 Å². The maximum absolute atomic E-state index is 13.4. The summed E-state index contributed by atoms with van der Waals surface area (Å²) in [7, 11) is 0. The normalized spacial score (nSPS) is 17.5. The summed E-state index contributed by atoms with van der Waals surface area (Å²) >= 11 is 6.38. The number of halogens is 1. The van der Waals surface area contributed by atoms with Crippen LogP contribution in [-0.4, -0.2) is 23.4 Å². The third-order valence-corrected chi connectivity index (χ3v) is 6.88. The molecule has 1 atom stereocenters.